The number of carbonyl (C=O) groups excluding carboxylic acids is 3. The highest BCUT2D eigenvalue weighted by molar-refractivity contribution is 6.08. The Bertz CT molecular complexity index is 947. The third kappa shape index (κ3) is 3.45. The lowest BCUT2D eigenvalue weighted by Gasteiger charge is -2.35. The highest BCUT2D eigenvalue weighted by atomic mass is 16.2. The molecule has 2 fully saturated rings. The minimum absolute atomic E-state index is 0.224. The van der Waals surface area contributed by atoms with E-state index >= 15 is 0 Å². The predicted molar refractivity (Wildman–Crippen MR) is 109 cm³/mol. The van der Waals surface area contributed by atoms with Crippen molar-refractivity contribution in [2.75, 3.05) is 20.1 Å². The predicted octanol–water partition coefficient (Wildman–Crippen LogP) is 2.49. The summed E-state index contributed by atoms with van der Waals surface area (Å²) in [5.74, 6) is -0.542. The van der Waals surface area contributed by atoms with Gasteiger partial charge < -0.3 is 10.2 Å². The van der Waals surface area contributed by atoms with E-state index in [1.165, 1.54) is 0 Å². The molecule has 1 aliphatic heterocycles. The fraction of sp³-hybridized carbons (Fsp3) is 0.455. The van der Waals surface area contributed by atoms with Crippen LogP contribution in [0.2, 0.25) is 0 Å². The molecule has 29 heavy (non-hydrogen) atoms. The number of fused-ring (bicyclic) bond motifs is 1. The third-order valence-corrected chi connectivity index (χ3v) is 6.22. The summed E-state index contributed by atoms with van der Waals surface area (Å²) in [6.07, 6.45) is 6.70. The van der Waals surface area contributed by atoms with Gasteiger partial charge in [0.15, 0.2) is 0 Å². The molecular weight excluding hydrogens is 368 g/mol. The molecule has 4 amide bonds. The van der Waals surface area contributed by atoms with Crippen molar-refractivity contribution in [1.82, 2.24) is 20.1 Å². The number of imide groups is 1. The van der Waals surface area contributed by atoms with Crippen LogP contribution >= 0.6 is 0 Å². The van der Waals surface area contributed by atoms with Gasteiger partial charge in [-0.05, 0) is 30.9 Å². The van der Waals surface area contributed by atoms with Gasteiger partial charge in [-0.1, -0.05) is 43.5 Å². The molecule has 0 bridgehead atoms. The first kappa shape index (κ1) is 19.4. The Morgan fingerprint density at radius 2 is 1.90 bits per heavy atom. The van der Waals surface area contributed by atoms with Crippen molar-refractivity contribution < 1.29 is 14.4 Å². The summed E-state index contributed by atoms with van der Waals surface area (Å²) >= 11 is 0. The average molecular weight is 394 g/mol. The van der Waals surface area contributed by atoms with Gasteiger partial charge in [-0.15, -0.1) is 0 Å². The van der Waals surface area contributed by atoms with Gasteiger partial charge in [0, 0.05) is 25.2 Å². The number of nitrogens with one attached hydrogen (secondary N) is 1. The molecule has 1 saturated heterocycles. The third-order valence-electron chi connectivity index (χ3n) is 6.22. The number of pyridine rings is 1. The maximum atomic E-state index is 13.0. The Balaban J connectivity index is 1.36. The van der Waals surface area contributed by atoms with Crippen molar-refractivity contribution in [1.29, 1.82) is 0 Å². The van der Waals surface area contributed by atoms with Crippen LogP contribution in [0, 0.1) is 0 Å². The number of aromatic nitrogens is 1. The van der Waals surface area contributed by atoms with Crippen LogP contribution < -0.4 is 5.32 Å². The largest absolute Gasteiger partial charge is 0.354 e. The summed E-state index contributed by atoms with van der Waals surface area (Å²) in [4.78, 5) is 45.1. The van der Waals surface area contributed by atoms with Crippen molar-refractivity contribution in [3.8, 4) is 0 Å². The monoisotopic (exact) mass is 394 g/mol. The van der Waals surface area contributed by atoms with Crippen LogP contribution in [-0.4, -0.2) is 58.3 Å². The average Bonchev–Trinajstić information content (AvgIpc) is 2.91. The molecule has 2 heterocycles. The van der Waals surface area contributed by atoms with Gasteiger partial charge in [0.2, 0.25) is 5.91 Å². The lowest BCUT2D eigenvalue weighted by Crippen LogP contribution is -2.49. The first-order valence-corrected chi connectivity index (χ1v) is 10.2. The molecule has 1 aromatic heterocycles. The molecular formula is C22H26N4O3. The van der Waals surface area contributed by atoms with Crippen molar-refractivity contribution in [2.24, 2.45) is 0 Å². The van der Waals surface area contributed by atoms with Crippen LogP contribution in [0.15, 0.2) is 36.5 Å². The molecule has 7 heteroatoms. The molecule has 1 N–H and O–H groups in total. The number of hydrogen-bond acceptors (Lipinski definition) is 4. The Kier molecular flexibility index (Phi) is 5.22. The number of benzene rings is 1. The summed E-state index contributed by atoms with van der Waals surface area (Å²) in [5, 5.41) is 3.90. The van der Waals surface area contributed by atoms with Crippen molar-refractivity contribution in [2.45, 2.75) is 44.1 Å². The second-order valence-electron chi connectivity index (χ2n) is 7.92. The van der Waals surface area contributed by atoms with E-state index in [2.05, 4.69) is 10.3 Å². The summed E-state index contributed by atoms with van der Waals surface area (Å²) in [5.41, 5.74) is 1.23. The first-order chi connectivity index (χ1) is 14.0. The minimum Gasteiger partial charge on any atom is -0.354 e. The summed E-state index contributed by atoms with van der Waals surface area (Å²) in [6, 6.07) is 9.51. The zero-order valence-electron chi connectivity index (χ0n) is 16.7. The molecule has 1 aromatic carbocycles. The number of carbonyl (C=O) groups is 3. The maximum Gasteiger partial charge on any atom is 0.327 e. The lowest BCUT2D eigenvalue weighted by molar-refractivity contribution is -0.137. The van der Waals surface area contributed by atoms with Crippen LogP contribution in [0.25, 0.3) is 10.9 Å². The molecule has 0 atom stereocenters. The maximum absolute atomic E-state index is 13.0. The van der Waals surface area contributed by atoms with E-state index in [0.29, 0.717) is 25.8 Å². The molecule has 1 aliphatic carbocycles. The molecule has 152 valence electrons. The van der Waals surface area contributed by atoms with E-state index < -0.39 is 5.54 Å². The van der Waals surface area contributed by atoms with Gasteiger partial charge in [0.05, 0.1) is 5.52 Å². The number of likely N-dealkylation sites (N-methyl/N-ethyl adjacent to an activating group) is 1. The fourth-order valence-electron chi connectivity index (χ4n) is 4.58. The van der Waals surface area contributed by atoms with Crippen molar-refractivity contribution >= 4 is 28.7 Å². The van der Waals surface area contributed by atoms with Crippen molar-refractivity contribution in [3.05, 3.63) is 42.1 Å². The number of amides is 4. The van der Waals surface area contributed by atoms with E-state index in [0.717, 1.165) is 40.6 Å². The van der Waals surface area contributed by atoms with Gasteiger partial charge in [0.1, 0.15) is 12.1 Å². The minimum atomic E-state index is -0.746. The SMILES string of the molecule is CN1C(=O)N(CC(=O)NCCc2cccc3cccnc23)C(=O)C12CCCCC2. The molecule has 1 saturated carbocycles. The molecule has 7 nitrogen and oxygen atoms in total. The Morgan fingerprint density at radius 1 is 1.14 bits per heavy atom. The Labute approximate surface area is 170 Å². The standard InChI is InChI=1S/C22H26N4O3/c1-25-21(29)26(20(28)22(25)11-3-2-4-12-22)15-18(27)23-14-10-17-8-5-7-16-9-6-13-24-19(16)17/h5-9,13H,2-4,10-12,14-15H2,1H3,(H,23,27). The zero-order valence-corrected chi connectivity index (χ0v) is 16.7. The molecule has 2 aromatic rings. The van der Waals surface area contributed by atoms with E-state index in [-0.39, 0.29) is 24.4 Å². The lowest BCUT2D eigenvalue weighted by atomic mass is 9.81. The smallest absolute Gasteiger partial charge is 0.327 e. The van der Waals surface area contributed by atoms with Gasteiger partial charge in [-0.25, -0.2) is 4.79 Å². The number of urea groups is 1. The van der Waals surface area contributed by atoms with Gasteiger partial charge in [-0.3, -0.25) is 19.5 Å². The number of nitrogens with zero attached hydrogens (tertiary/aromatic N) is 3. The normalized spacial score (nSPS) is 18.7. The quantitative estimate of drug-likeness (QED) is 0.790. The molecule has 1 spiro atoms. The van der Waals surface area contributed by atoms with E-state index in [9.17, 15) is 14.4 Å². The van der Waals surface area contributed by atoms with E-state index in [1.54, 1.807) is 18.1 Å². The second-order valence-corrected chi connectivity index (χ2v) is 7.92. The van der Waals surface area contributed by atoms with Crippen LogP contribution in [0.3, 0.4) is 0 Å². The summed E-state index contributed by atoms with van der Waals surface area (Å²) in [6.45, 7) is 0.198. The summed E-state index contributed by atoms with van der Waals surface area (Å²) in [7, 11) is 1.68. The van der Waals surface area contributed by atoms with E-state index in [4.69, 9.17) is 0 Å². The van der Waals surface area contributed by atoms with Crippen molar-refractivity contribution in [3.63, 3.8) is 0 Å². The molecule has 0 radical (unpaired) electrons. The fourth-order valence-corrected chi connectivity index (χ4v) is 4.58. The first-order valence-electron chi connectivity index (χ1n) is 10.2. The number of rotatable bonds is 5. The molecule has 0 unspecified atom stereocenters. The van der Waals surface area contributed by atoms with Crippen LogP contribution in [0.1, 0.15) is 37.7 Å². The van der Waals surface area contributed by atoms with Gasteiger partial charge in [-0.2, -0.15) is 0 Å². The van der Waals surface area contributed by atoms with Gasteiger partial charge in [0.25, 0.3) is 5.91 Å². The van der Waals surface area contributed by atoms with E-state index in [1.807, 2.05) is 30.3 Å². The number of para-hydroxylation sites is 1. The Morgan fingerprint density at radius 3 is 2.69 bits per heavy atom. The van der Waals surface area contributed by atoms with Crippen LogP contribution in [0.4, 0.5) is 4.79 Å². The van der Waals surface area contributed by atoms with Crippen LogP contribution in [-0.2, 0) is 16.0 Å². The summed E-state index contributed by atoms with van der Waals surface area (Å²) < 4.78 is 0. The topological polar surface area (TPSA) is 82.6 Å². The zero-order chi connectivity index (χ0) is 20.4. The number of hydrogen-bond donors (Lipinski definition) is 1. The van der Waals surface area contributed by atoms with Crippen LogP contribution in [0.5, 0.6) is 0 Å². The molecule has 2 aliphatic rings. The highest BCUT2D eigenvalue weighted by Gasteiger charge is 2.55. The van der Waals surface area contributed by atoms with Gasteiger partial charge >= 0.3 is 6.03 Å². The highest BCUT2D eigenvalue weighted by Crippen LogP contribution is 2.39. The Hall–Kier alpha value is -2.96. The molecule has 4 rings (SSSR count). The second kappa shape index (κ2) is 7.81.